The van der Waals surface area contributed by atoms with Crippen molar-refractivity contribution in [3.63, 3.8) is 0 Å². The van der Waals surface area contributed by atoms with Crippen molar-refractivity contribution in [2.75, 3.05) is 13.1 Å². The Labute approximate surface area is 153 Å². The van der Waals surface area contributed by atoms with Crippen LogP contribution in [0.15, 0.2) is 5.16 Å². The molecule has 1 saturated heterocycles. The van der Waals surface area contributed by atoms with Crippen molar-refractivity contribution in [3.05, 3.63) is 0 Å². The van der Waals surface area contributed by atoms with E-state index < -0.39 is 11.0 Å². The van der Waals surface area contributed by atoms with E-state index in [0.29, 0.717) is 50.9 Å². The molecule has 2 aliphatic heterocycles. The molecule has 7 heteroatoms. The van der Waals surface area contributed by atoms with Crippen LogP contribution in [0.5, 0.6) is 0 Å². The number of rotatable bonds is 3. The van der Waals surface area contributed by atoms with Crippen molar-refractivity contribution in [1.29, 1.82) is 5.26 Å². The maximum absolute atomic E-state index is 12.9. The fourth-order valence-corrected chi connectivity index (χ4v) is 4.50. The monoisotopic (exact) mass is 358 g/mol. The molecule has 26 heavy (non-hydrogen) atoms. The van der Waals surface area contributed by atoms with Gasteiger partial charge in [-0.2, -0.15) is 5.26 Å². The predicted molar refractivity (Wildman–Crippen MR) is 94.0 cm³/mol. The highest BCUT2D eigenvalue weighted by Gasteiger charge is 2.49. The second-order valence-electron chi connectivity index (χ2n) is 8.28. The molecule has 0 bridgehead atoms. The number of oxime groups is 1. The van der Waals surface area contributed by atoms with E-state index in [4.69, 9.17) is 4.84 Å². The molecule has 0 unspecified atom stereocenters. The molecular formula is C19H26N4O3. The molecule has 4 rings (SSSR count). The minimum Gasteiger partial charge on any atom is -0.388 e. The van der Waals surface area contributed by atoms with Gasteiger partial charge in [0, 0.05) is 38.4 Å². The summed E-state index contributed by atoms with van der Waals surface area (Å²) in [6, 6.07) is 2.58. The zero-order chi connectivity index (χ0) is 18.2. The molecule has 2 saturated carbocycles. The average Bonchev–Trinajstić information content (AvgIpc) is 3.26. The molecule has 0 atom stereocenters. The van der Waals surface area contributed by atoms with Crippen LogP contribution in [0.3, 0.4) is 0 Å². The summed E-state index contributed by atoms with van der Waals surface area (Å²) in [6.45, 7) is 1.13. The standard InChI is InChI=1S/C19H26N4O3/c20-13-18(6-1-2-7-18)17(25)23-10-8-19(9-11-23)12-15(22-26-19)16(24)21-14-4-3-5-14/h14H,1-12H2,(H,21,24). The second kappa shape index (κ2) is 6.57. The quantitative estimate of drug-likeness (QED) is 0.833. The van der Waals surface area contributed by atoms with Crippen LogP contribution in [0.1, 0.15) is 64.2 Å². The van der Waals surface area contributed by atoms with E-state index in [1.165, 1.54) is 6.42 Å². The van der Waals surface area contributed by atoms with Crippen molar-refractivity contribution < 1.29 is 14.4 Å². The first-order valence-electron chi connectivity index (χ1n) is 9.82. The SMILES string of the molecule is N#CC1(C(=O)N2CCC3(CC2)CC(C(=O)NC2CCC2)=NO3)CCCC1. The Morgan fingerprint density at radius 3 is 2.42 bits per heavy atom. The number of amides is 2. The average molecular weight is 358 g/mol. The minimum absolute atomic E-state index is 0.0192. The van der Waals surface area contributed by atoms with Gasteiger partial charge in [-0.15, -0.1) is 0 Å². The van der Waals surface area contributed by atoms with Crippen LogP contribution in [0.25, 0.3) is 0 Å². The van der Waals surface area contributed by atoms with Crippen LogP contribution in [0.2, 0.25) is 0 Å². The summed E-state index contributed by atoms with van der Waals surface area (Å²) >= 11 is 0. The number of piperidine rings is 1. The van der Waals surface area contributed by atoms with Crippen molar-refractivity contribution in [1.82, 2.24) is 10.2 Å². The van der Waals surface area contributed by atoms with Gasteiger partial charge in [0.25, 0.3) is 5.91 Å². The van der Waals surface area contributed by atoms with Gasteiger partial charge in [0.2, 0.25) is 5.91 Å². The van der Waals surface area contributed by atoms with E-state index in [1.54, 1.807) is 0 Å². The highest BCUT2D eigenvalue weighted by atomic mass is 16.7. The highest BCUT2D eigenvalue weighted by Crippen LogP contribution is 2.41. The Kier molecular flexibility index (Phi) is 4.37. The molecule has 2 heterocycles. The molecule has 1 spiro atoms. The number of likely N-dealkylation sites (tertiary alicyclic amines) is 1. The zero-order valence-electron chi connectivity index (χ0n) is 15.1. The Balaban J connectivity index is 1.32. The molecule has 2 amide bonds. The number of nitrogens with one attached hydrogen (secondary N) is 1. The van der Waals surface area contributed by atoms with E-state index in [-0.39, 0.29) is 17.9 Å². The maximum Gasteiger partial charge on any atom is 0.269 e. The molecule has 4 aliphatic rings. The van der Waals surface area contributed by atoms with Gasteiger partial charge in [0.1, 0.15) is 16.7 Å². The summed E-state index contributed by atoms with van der Waals surface area (Å²) in [5.41, 5.74) is -0.801. The van der Waals surface area contributed by atoms with Gasteiger partial charge in [0.05, 0.1) is 6.07 Å². The topological polar surface area (TPSA) is 94.8 Å². The van der Waals surface area contributed by atoms with E-state index in [1.807, 2.05) is 4.90 Å². The molecule has 3 fully saturated rings. The largest absolute Gasteiger partial charge is 0.388 e. The van der Waals surface area contributed by atoms with Crippen LogP contribution in [-0.2, 0) is 14.4 Å². The van der Waals surface area contributed by atoms with E-state index in [0.717, 1.165) is 25.7 Å². The zero-order valence-corrected chi connectivity index (χ0v) is 15.1. The van der Waals surface area contributed by atoms with Crippen LogP contribution < -0.4 is 5.32 Å². The van der Waals surface area contributed by atoms with Gasteiger partial charge in [-0.25, -0.2) is 0 Å². The summed E-state index contributed by atoms with van der Waals surface area (Å²) < 4.78 is 0. The van der Waals surface area contributed by atoms with Gasteiger partial charge < -0.3 is 15.1 Å². The number of nitrogens with zero attached hydrogens (tertiary/aromatic N) is 3. The lowest BCUT2D eigenvalue weighted by molar-refractivity contribution is -0.144. The lowest BCUT2D eigenvalue weighted by Crippen LogP contribution is -2.51. The second-order valence-corrected chi connectivity index (χ2v) is 8.28. The molecule has 1 N–H and O–H groups in total. The number of carbonyl (C=O) groups is 2. The van der Waals surface area contributed by atoms with Crippen LogP contribution in [0, 0.1) is 16.7 Å². The van der Waals surface area contributed by atoms with Crippen molar-refractivity contribution in [2.24, 2.45) is 10.6 Å². The lowest BCUT2D eigenvalue weighted by atomic mass is 9.82. The van der Waals surface area contributed by atoms with Gasteiger partial charge in [0.15, 0.2) is 0 Å². The molecule has 0 aromatic heterocycles. The van der Waals surface area contributed by atoms with Gasteiger partial charge in [-0.05, 0) is 32.1 Å². The Morgan fingerprint density at radius 2 is 1.85 bits per heavy atom. The summed E-state index contributed by atoms with van der Waals surface area (Å²) in [5, 5.41) is 16.6. The minimum atomic E-state index is -0.814. The van der Waals surface area contributed by atoms with Crippen molar-refractivity contribution in [2.45, 2.75) is 75.9 Å². The Morgan fingerprint density at radius 1 is 1.15 bits per heavy atom. The number of hydrogen-bond acceptors (Lipinski definition) is 5. The summed E-state index contributed by atoms with van der Waals surface area (Å²) in [5.74, 6) is -0.131. The Bertz CT molecular complexity index is 663. The fourth-order valence-electron chi connectivity index (χ4n) is 4.50. The van der Waals surface area contributed by atoms with Crippen LogP contribution in [0.4, 0.5) is 0 Å². The smallest absolute Gasteiger partial charge is 0.269 e. The molecule has 0 aromatic carbocycles. The summed E-state index contributed by atoms with van der Waals surface area (Å²) in [7, 11) is 0. The van der Waals surface area contributed by atoms with Gasteiger partial charge >= 0.3 is 0 Å². The van der Waals surface area contributed by atoms with E-state index in [2.05, 4.69) is 16.5 Å². The van der Waals surface area contributed by atoms with Crippen LogP contribution >= 0.6 is 0 Å². The molecule has 2 aliphatic carbocycles. The summed E-state index contributed by atoms with van der Waals surface area (Å²) in [4.78, 5) is 32.6. The van der Waals surface area contributed by atoms with E-state index >= 15 is 0 Å². The van der Waals surface area contributed by atoms with E-state index in [9.17, 15) is 14.9 Å². The van der Waals surface area contributed by atoms with Gasteiger partial charge in [-0.3, -0.25) is 9.59 Å². The number of hydrogen-bond donors (Lipinski definition) is 1. The lowest BCUT2D eigenvalue weighted by Gasteiger charge is -2.39. The molecule has 140 valence electrons. The van der Waals surface area contributed by atoms with Crippen molar-refractivity contribution in [3.8, 4) is 6.07 Å². The first-order valence-corrected chi connectivity index (χ1v) is 9.82. The first-order chi connectivity index (χ1) is 12.6. The molecule has 0 aromatic rings. The third-order valence-corrected chi connectivity index (χ3v) is 6.58. The molecule has 0 radical (unpaired) electrons. The predicted octanol–water partition coefficient (Wildman–Crippen LogP) is 1.88. The highest BCUT2D eigenvalue weighted by molar-refractivity contribution is 6.39. The summed E-state index contributed by atoms with van der Waals surface area (Å²) in [6.07, 6.45) is 8.34. The molecular weight excluding hydrogens is 332 g/mol. The maximum atomic E-state index is 12.9. The van der Waals surface area contributed by atoms with Crippen molar-refractivity contribution >= 4 is 17.5 Å². The Hall–Kier alpha value is -2.10. The number of carbonyl (C=O) groups excluding carboxylic acids is 2. The van der Waals surface area contributed by atoms with Gasteiger partial charge in [-0.1, -0.05) is 18.0 Å². The first kappa shape index (κ1) is 17.3. The fraction of sp³-hybridized carbons (Fsp3) is 0.789. The van der Waals surface area contributed by atoms with Crippen LogP contribution in [-0.4, -0.2) is 47.2 Å². The third-order valence-electron chi connectivity index (χ3n) is 6.58. The number of nitriles is 1. The normalized spacial score (nSPS) is 26.6. The third kappa shape index (κ3) is 2.95. The molecule has 7 nitrogen and oxygen atoms in total.